The first kappa shape index (κ1) is 15.4. The first-order valence-corrected chi connectivity index (χ1v) is 7.40. The first-order valence-electron chi connectivity index (χ1n) is 7.40. The van der Waals surface area contributed by atoms with Crippen LogP contribution in [0.2, 0.25) is 0 Å². The van der Waals surface area contributed by atoms with Gasteiger partial charge in [-0.05, 0) is 6.42 Å². The van der Waals surface area contributed by atoms with E-state index in [-0.39, 0.29) is 18.4 Å². The van der Waals surface area contributed by atoms with Gasteiger partial charge in [0.15, 0.2) is 0 Å². The number of hydrogen-bond donors (Lipinski definition) is 1. The lowest BCUT2D eigenvalue weighted by Crippen LogP contribution is -2.51. The molecule has 2 saturated heterocycles. The van der Waals surface area contributed by atoms with Gasteiger partial charge in [-0.3, -0.25) is 24.3 Å². The number of imide groups is 1. The van der Waals surface area contributed by atoms with E-state index in [1.807, 2.05) is 13.8 Å². The summed E-state index contributed by atoms with van der Waals surface area (Å²) in [4.78, 5) is 30.1. The van der Waals surface area contributed by atoms with Crippen molar-refractivity contribution in [2.75, 3.05) is 46.0 Å². The predicted octanol–water partition coefficient (Wildman–Crippen LogP) is -0.271. The molecule has 1 N–H and O–H groups in total. The maximum atomic E-state index is 12.3. The SMILES string of the molecule is CCC1(C)CC(=O)N(CN2CCN(CCO)CC2)C1=O. The first-order chi connectivity index (χ1) is 9.50. The molecule has 1 unspecified atom stereocenters. The number of nitrogens with zero attached hydrogens (tertiary/aromatic N) is 3. The number of rotatable bonds is 5. The highest BCUT2D eigenvalue weighted by atomic mass is 16.3. The van der Waals surface area contributed by atoms with E-state index < -0.39 is 5.41 Å². The van der Waals surface area contributed by atoms with Crippen LogP contribution in [0.3, 0.4) is 0 Å². The van der Waals surface area contributed by atoms with E-state index in [0.717, 1.165) is 26.2 Å². The van der Waals surface area contributed by atoms with Crippen molar-refractivity contribution in [2.45, 2.75) is 26.7 Å². The van der Waals surface area contributed by atoms with Crippen molar-refractivity contribution >= 4 is 11.8 Å². The van der Waals surface area contributed by atoms with E-state index in [9.17, 15) is 9.59 Å². The number of hydrogen-bond acceptors (Lipinski definition) is 5. The van der Waals surface area contributed by atoms with Gasteiger partial charge in [-0.1, -0.05) is 13.8 Å². The average molecular weight is 283 g/mol. The molecule has 0 aromatic heterocycles. The van der Waals surface area contributed by atoms with Crippen LogP contribution in [-0.2, 0) is 9.59 Å². The summed E-state index contributed by atoms with van der Waals surface area (Å²) in [7, 11) is 0. The Kier molecular flexibility index (Phi) is 4.78. The highest BCUT2D eigenvalue weighted by molar-refractivity contribution is 6.05. The smallest absolute Gasteiger partial charge is 0.236 e. The fourth-order valence-corrected chi connectivity index (χ4v) is 2.86. The van der Waals surface area contributed by atoms with E-state index in [0.29, 0.717) is 26.1 Å². The van der Waals surface area contributed by atoms with Gasteiger partial charge in [0.25, 0.3) is 0 Å². The Bertz CT molecular complexity index is 380. The molecule has 0 saturated carbocycles. The van der Waals surface area contributed by atoms with Crippen molar-refractivity contribution < 1.29 is 14.7 Å². The van der Waals surface area contributed by atoms with Crippen LogP contribution >= 0.6 is 0 Å². The molecule has 114 valence electrons. The quantitative estimate of drug-likeness (QED) is 0.704. The predicted molar refractivity (Wildman–Crippen MR) is 74.8 cm³/mol. The summed E-state index contributed by atoms with van der Waals surface area (Å²) in [6.07, 6.45) is 1.05. The monoisotopic (exact) mass is 283 g/mol. The lowest BCUT2D eigenvalue weighted by molar-refractivity contribution is -0.144. The molecule has 2 amide bonds. The molecule has 0 aliphatic carbocycles. The van der Waals surface area contributed by atoms with E-state index >= 15 is 0 Å². The van der Waals surface area contributed by atoms with Gasteiger partial charge in [0, 0.05) is 39.1 Å². The van der Waals surface area contributed by atoms with E-state index in [4.69, 9.17) is 5.11 Å². The molecule has 2 heterocycles. The second-order valence-electron chi connectivity index (χ2n) is 6.04. The molecular formula is C14H25N3O3. The van der Waals surface area contributed by atoms with Gasteiger partial charge in [-0.25, -0.2) is 0 Å². The lowest BCUT2D eigenvalue weighted by Gasteiger charge is -2.36. The summed E-state index contributed by atoms with van der Waals surface area (Å²) in [5.41, 5.74) is -0.504. The summed E-state index contributed by atoms with van der Waals surface area (Å²) >= 11 is 0. The largest absolute Gasteiger partial charge is 0.395 e. The van der Waals surface area contributed by atoms with Gasteiger partial charge in [0.05, 0.1) is 18.7 Å². The number of carbonyl (C=O) groups excluding carboxylic acids is 2. The molecule has 6 nitrogen and oxygen atoms in total. The van der Waals surface area contributed by atoms with Gasteiger partial charge >= 0.3 is 0 Å². The summed E-state index contributed by atoms with van der Waals surface area (Å²) in [5.74, 6) is -0.0695. The van der Waals surface area contributed by atoms with Crippen LogP contribution in [-0.4, -0.2) is 77.6 Å². The number of carbonyl (C=O) groups is 2. The standard InChI is InChI=1S/C14H25N3O3/c1-3-14(2)10-12(19)17(13(14)20)11-16-6-4-15(5-7-16)8-9-18/h18H,3-11H2,1-2H3. The van der Waals surface area contributed by atoms with Crippen LogP contribution in [0.15, 0.2) is 0 Å². The van der Waals surface area contributed by atoms with Crippen LogP contribution < -0.4 is 0 Å². The Morgan fingerprint density at radius 1 is 1.15 bits per heavy atom. The average Bonchev–Trinajstić information content (AvgIpc) is 2.65. The van der Waals surface area contributed by atoms with Crippen molar-refractivity contribution in [3.63, 3.8) is 0 Å². The highest BCUT2D eigenvalue weighted by Gasteiger charge is 2.47. The molecule has 0 aromatic carbocycles. The Hall–Kier alpha value is -0.980. The third kappa shape index (κ3) is 3.02. The van der Waals surface area contributed by atoms with Crippen molar-refractivity contribution in [1.29, 1.82) is 0 Å². The fraction of sp³-hybridized carbons (Fsp3) is 0.857. The summed E-state index contributed by atoms with van der Waals surface area (Å²) < 4.78 is 0. The maximum Gasteiger partial charge on any atom is 0.236 e. The zero-order chi connectivity index (χ0) is 14.8. The normalized spacial score (nSPS) is 29.4. The van der Waals surface area contributed by atoms with E-state index in [1.165, 1.54) is 4.90 Å². The minimum atomic E-state index is -0.504. The van der Waals surface area contributed by atoms with Gasteiger partial charge < -0.3 is 5.11 Å². The van der Waals surface area contributed by atoms with Crippen molar-refractivity contribution in [3.8, 4) is 0 Å². The number of piperazine rings is 1. The zero-order valence-corrected chi connectivity index (χ0v) is 12.5. The number of aliphatic hydroxyl groups is 1. The molecule has 1 atom stereocenters. The molecule has 0 radical (unpaired) electrons. The zero-order valence-electron chi connectivity index (χ0n) is 12.5. The Morgan fingerprint density at radius 3 is 2.25 bits per heavy atom. The number of aliphatic hydroxyl groups excluding tert-OH is 1. The third-order valence-corrected chi connectivity index (χ3v) is 4.61. The van der Waals surface area contributed by atoms with Crippen molar-refractivity contribution in [1.82, 2.24) is 14.7 Å². The lowest BCUT2D eigenvalue weighted by atomic mass is 9.86. The number of amides is 2. The maximum absolute atomic E-state index is 12.3. The minimum absolute atomic E-state index is 0.0252. The molecule has 6 heteroatoms. The highest BCUT2D eigenvalue weighted by Crippen LogP contribution is 2.35. The minimum Gasteiger partial charge on any atom is -0.395 e. The Balaban J connectivity index is 1.88. The molecule has 0 bridgehead atoms. The molecule has 20 heavy (non-hydrogen) atoms. The van der Waals surface area contributed by atoms with Crippen LogP contribution in [0.4, 0.5) is 0 Å². The van der Waals surface area contributed by atoms with Crippen LogP contribution in [0.5, 0.6) is 0 Å². The molecule has 0 spiro atoms. The Morgan fingerprint density at radius 2 is 1.75 bits per heavy atom. The number of β-amino-alcohol motifs (C(OH)–C–C–N with tert-alkyl or cyclic N) is 1. The molecule has 2 rings (SSSR count). The van der Waals surface area contributed by atoms with Gasteiger partial charge in [0.1, 0.15) is 0 Å². The summed E-state index contributed by atoms with van der Waals surface area (Å²) in [6.45, 7) is 8.56. The Labute approximate surface area is 120 Å². The molecular weight excluding hydrogens is 258 g/mol. The number of likely N-dealkylation sites (tertiary alicyclic amines) is 1. The summed E-state index contributed by atoms with van der Waals surface area (Å²) in [6, 6.07) is 0. The molecule has 2 aliphatic rings. The molecule has 0 aromatic rings. The van der Waals surface area contributed by atoms with E-state index in [2.05, 4.69) is 9.80 Å². The second-order valence-corrected chi connectivity index (χ2v) is 6.04. The van der Waals surface area contributed by atoms with Crippen LogP contribution in [0.1, 0.15) is 26.7 Å². The molecule has 2 fully saturated rings. The van der Waals surface area contributed by atoms with Gasteiger partial charge in [0.2, 0.25) is 11.8 Å². The van der Waals surface area contributed by atoms with E-state index in [1.54, 1.807) is 0 Å². The van der Waals surface area contributed by atoms with Gasteiger partial charge in [-0.15, -0.1) is 0 Å². The molecule has 2 aliphatic heterocycles. The second kappa shape index (κ2) is 6.20. The third-order valence-electron chi connectivity index (χ3n) is 4.61. The van der Waals surface area contributed by atoms with Crippen molar-refractivity contribution in [2.24, 2.45) is 5.41 Å². The van der Waals surface area contributed by atoms with Crippen LogP contribution in [0, 0.1) is 5.41 Å². The van der Waals surface area contributed by atoms with Crippen LogP contribution in [0.25, 0.3) is 0 Å². The summed E-state index contributed by atoms with van der Waals surface area (Å²) in [5, 5.41) is 8.92. The van der Waals surface area contributed by atoms with Crippen molar-refractivity contribution in [3.05, 3.63) is 0 Å². The van der Waals surface area contributed by atoms with Gasteiger partial charge in [-0.2, -0.15) is 0 Å². The fourth-order valence-electron chi connectivity index (χ4n) is 2.86. The topological polar surface area (TPSA) is 64.1 Å².